The summed E-state index contributed by atoms with van der Waals surface area (Å²) in [5.74, 6) is -0.991. The van der Waals surface area contributed by atoms with Gasteiger partial charge >= 0.3 is 12.0 Å². The predicted molar refractivity (Wildman–Crippen MR) is 73.3 cm³/mol. The Kier molecular flexibility index (Phi) is 5.35. The first-order valence-corrected chi connectivity index (χ1v) is 6.80. The summed E-state index contributed by atoms with van der Waals surface area (Å²) >= 11 is 0. The highest BCUT2D eigenvalue weighted by molar-refractivity contribution is 5.82. The zero-order chi connectivity index (χ0) is 15.3. The molecule has 0 spiro atoms. The fourth-order valence-corrected chi connectivity index (χ4v) is 2.58. The molecule has 0 atom stereocenters. The molecule has 0 aromatic heterocycles. The SMILES string of the molecule is CCCN(C=O)C1(C(=O)O)CCN(C(=O)N(C)C)CC1. The number of hydrogen-bond acceptors (Lipinski definition) is 3. The Balaban J connectivity index is 2.85. The van der Waals surface area contributed by atoms with Gasteiger partial charge in [-0.2, -0.15) is 0 Å². The zero-order valence-corrected chi connectivity index (χ0v) is 12.3. The predicted octanol–water partition coefficient (Wildman–Crippen LogP) is 0.456. The first-order valence-electron chi connectivity index (χ1n) is 6.80. The first kappa shape index (κ1) is 16.3. The smallest absolute Gasteiger partial charge is 0.329 e. The number of likely N-dealkylation sites (tertiary alicyclic amines) is 1. The van der Waals surface area contributed by atoms with Gasteiger partial charge in [-0.1, -0.05) is 6.92 Å². The zero-order valence-electron chi connectivity index (χ0n) is 12.3. The number of carboxylic acids is 1. The van der Waals surface area contributed by atoms with Crippen molar-refractivity contribution in [3.63, 3.8) is 0 Å². The van der Waals surface area contributed by atoms with Crippen LogP contribution in [0.4, 0.5) is 4.79 Å². The minimum absolute atomic E-state index is 0.128. The fraction of sp³-hybridized carbons (Fsp3) is 0.769. The summed E-state index contributed by atoms with van der Waals surface area (Å²) in [5, 5.41) is 9.54. The van der Waals surface area contributed by atoms with E-state index in [1.165, 1.54) is 9.80 Å². The molecule has 1 aliphatic heterocycles. The van der Waals surface area contributed by atoms with Crippen LogP contribution < -0.4 is 0 Å². The van der Waals surface area contributed by atoms with Crippen molar-refractivity contribution in [3.8, 4) is 0 Å². The van der Waals surface area contributed by atoms with Crippen LogP contribution in [0.5, 0.6) is 0 Å². The van der Waals surface area contributed by atoms with E-state index in [1.54, 1.807) is 19.0 Å². The number of amides is 3. The lowest BCUT2D eigenvalue weighted by Crippen LogP contribution is -2.61. The Hall–Kier alpha value is -1.79. The Morgan fingerprint density at radius 1 is 1.30 bits per heavy atom. The highest BCUT2D eigenvalue weighted by Crippen LogP contribution is 2.29. The molecule has 114 valence electrons. The highest BCUT2D eigenvalue weighted by Gasteiger charge is 2.46. The van der Waals surface area contributed by atoms with Crippen molar-refractivity contribution in [1.29, 1.82) is 0 Å². The van der Waals surface area contributed by atoms with Crippen LogP contribution in [0.3, 0.4) is 0 Å². The average Bonchev–Trinajstić information content (AvgIpc) is 2.43. The van der Waals surface area contributed by atoms with E-state index in [-0.39, 0.29) is 18.9 Å². The monoisotopic (exact) mass is 285 g/mol. The van der Waals surface area contributed by atoms with Crippen molar-refractivity contribution in [2.75, 3.05) is 33.7 Å². The summed E-state index contributed by atoms with van der Waals surface area (Å²) in [6.45, 7) is 3.00. The second-order valence-corrected chi connectivity index (χ2v) is 5.30. The fourth-order valence-electron chi connectivity index (χ4n) is 2.58. The largest absolute Gasteiger partial charge is 0.479 e. The van der Waals surface area contributed by atoms with Crippen molar-refractivity contribution >= 4 is 18.4 Å². The first-order chi connectivity index (χ1) is 9.39. The van der Waals surface area contributed by atoms with Gasteiger partial charge in [0.25, 0.3) is 0 Å². The van der Waals surface area contributed by atoms with Crippen LogP contribution >= 0.6 is 0 Å². The summed E-state index contributed by atoms with van der Waals surface area (Å²) in [6.07, 6.45) is 1.84. The average molecular weight is 285 g/mol. The van der Waals surface area contributed by atoms with Gasteiger partial charge in [-0.25, -0.2) is 9.59 Å². The topological polar surface area (TPSA) is 81.2 Å². The van der Waals surface area contributed by atoms with E-state index >= 15 is 0 Å². The maximum atomic E-state index is 11.9. The third kappa shape index (κ3) is 3.02. The lowest BCUT2D eigenvalue weighted by Gasteiger charge is -2.44. The van der Waals surface area contributed by atoms with E-state index in [2.05, 4.69) is 0 Å². The van der Waals surface area contributed by atoms with Gasteiger partial charge < -0.3 is 19.8 Å². The third-order valence-electron chi connectivity index (χ3n) is 3.78. The molecule has 0 aromatic rings. The number of piperidine rings is 1. The molecule has 0 unspecified atom stereocenters. The normalized spacial score (nSPS) is 17.4. The quantitative estimate of drug-likeness (QED) is 0.744. The molecule has 0 radical (unpaired) electrons. The van der Waals surface area contributed by atoms with Crippen LogP contribution in [-0.2, 0) is 9.59 Å². The van der Waals surface area contributed by atoms with Crippen LogP contribution in [0, 0.1) is 0 Å². The van der Waals surface area contributed by atoms with Crippen LogP contribution in [0.15, 0.2) is 0 Å². The summed E-state index contributed by atoms with van der Waals surface area (Å²) in [5.41, 5.74) is -1.18. The molecular weight excluding hydrogens is 262 g/mol. The number of nitrogens with zero attached hydrogens (tertiary/aromatic N) is 3. The molecule has 7 nitrogen and oxygen atoms in total. The lowest BCUT2D eigenvalue weighted by atomic mass is 9.85. The summed E-state index contributed by atoms with van der Waals surface area (Å²) in [7, 11) is 3.33. The molecule has 1 heterocycles. The minimum atomic E-state index is -1.18. The van der Waals surface area contributed by atoms with E-state index in [0.717, 1.165) is 0 Å². The summed E-state index contributed by atoms with van der Waals surface area (Å²) in [6, 6.07) is -0.128. The van der Waals surface area contributed by atoms with E-state index in [4.69, 9.17) is 0 Å². The van der Waals surface area contributed by atoms with Gasteiger partial charge in [0.2, 0.25) is 6.41 Å². The van der Waals surface area contributed by atoms with Crippen molar-refractivity contribution in [2.45, 2.75) is 31.7 Å². The molecular formula is C13H23N3O4. The number of aliphatic carboxylic acids is 1. The molecule has 0 bridgehead atoms. The molecule has 0 saturated carbocycles. The molecule has 20 heavy (non-hydrogen) atoms. The van der Waals surface area contributed by atoms with Gasteiger partial charge in [-0.15, -0.1) is 0 Å². The van der Waals surface area contributed by atoms with Gasteiger partial charge in [-0.3, -0.25) is 4.79 Å². The van der Waals surface area contributed by atoms with E-state index < -0.39 is 11.5 Å². The maximum Gasteiger partial charge on any atom is 0.329 e. The Bertz CT molecular complexity index is 376. The summed E-state index contributed by atoms with van der Waals surface area (Å²) in [4.78, 5) is 39.2. The second-order valence-electron chi connectivity index (χ2n) is 5.30. The second kappa shape index (κ2) is 6.58. The van der Waals surface area contributed by atoms with Crippen molar-refractivity contribution in [2.24, 2.45) is 0 Å². The third-order valence-corrected chi connectivity index (χ3v) is 3.78. The van der Waals surface area contributed by atoms with Gasteiger partial charge in [0.1, 0.15) is 5.54 Å². The highest BCUT2D eigenvalue weighted by atomic mass is 16.4. The molecule has 0 aliphatic carbocycles. The van der Waals surface area contributed by atoms with Crippen molar-refractivity contribution in [1.82, 2.24) is 14.7 Å². The molecule has 7 heteroatoms. The Labute approximate surface area is 119 Å². The van der Waals surface area contributed by atoms with E-state index in [9.17, 15) is 19.5 Å². The molecule has 0 aromatic carbocycles. The van der Waals surface area contributed by atoms with Crippen LogP contribution in [-0.4, -0.2) is 77.5 Å². The van der Waals surface area contributed by atoms with Gasteiger partial charge in [0.05, 0.1) is 0 Å². The maximum absolute atomic E-state index is 11.9. The molecule has 1 N–H and O–H groups in total. The number of carboxylic acid groups (broad SMARTS) is 1. The Morgan fingerprint density at radius 2 is 1.85 bits per heavy atom. The molecule has 1 rings (SSSR count). The lowest BCUT2D eigenvalue weighted by molar-refractivity contribution is -0.158. The molecule has 1 saturated heterocycles. The summed E-state index contributed by atoms with van der Waals surface area (Å²) < 4.78 is 0. The molecule has 1 fully saturated rings. The van der Waals surface area contributed by atoms with Crippen LogP contribution in [0.2, 0.25) is 0 Å². The van der Waals surface area contributed by atoms with E-state index in [1.807, 2.05) is 6.92 Å². The Morgan fingerprint density at radius 3 is 2.20 bits per heavy atom. The van der Waals surface area contributed by atoms with E-state index in [0.29, 0.717) is 32.5 Å². The number of hydrogen-bond donors (Lipinski definition) is 1. The number of carbonyl (C=O) groups excluding carboxylic acids is 2. The molecule has 3 amide bonds. The minimum Gasteiger partial charge on any atom is -0.479 e. The number of carbonyl (C=O) groups is 3. The number of rotatable bonds is 5. The number of urea groups is 1. The standard InChI is InChI=1S/C13H23N3O4/c1-4-7-16(10-17)13(11(18)19)5-8-15(9-6-13)12(20)14(2)3/h10H,4-9H2,1-3H3,(H,18,19). The van der Waals surface area contributed by atoms with Gasteiger partial charge in [-0.05, 0) is 19.3 Å². The van der Waals surface area contributed by atoms with Crippen LogP contribution in [0.1, 0.15) is 26.2 Å². The molecule has 1 aliphatic rings. The van der Waals surface area contributed by atoms with Crippen molar-refractivity contribution < 1.29 is 19.5 Å². The van der Waals surface area contributed by atoms with Gasteiger partial charge in [0.15, 0.2) is 0 Å². The van der Waals surface area contributed by atoms with Crippen LogP contribution in [0.25, 0.3) is 0 Å². The van der Waals surface area contributed by atoms with Gasteiger partial charge in [0, 0.05) is 33.7 Å². The van der Waals surface area contributed by atoms with Crippen molar-refractivity contribution in [3.05, 3.63) is 0 Å².